The van der Waals surface area contributed by atoms with Gasteiger partial charge in [-0.15, -0.1) is 6.58 Å². The van der Waals surface area contributed by atoms with Crippen LogP contribution in [0.2, 0.25) is 0 Å². The minimum Gasteiger partial charge on any atom is -0.497 e. The third-order valence-electron chi connectivity index (χ3n) is 6.83. The van der Waals surface area contributed by atoms with Gasteiger partial charge >= 0.3 is 12.1 Å². The van der Waals surface area contributed by atoms with Crippen LogP contribution >= 0.6 is 0 Å². The van der Waals surface area contributed by atoms with Crippen LogP contribution in [0.3, 0.4) is 0 Å². The average Bonchev–Trinajstić information content (AvgIpc) is 2.84. The van der Waals surface area contributed by atoms with E-state index in [4.69, 9.17) is 14.2 Å². The van der Waals surface area contributed by atoms with Crippen molar-refractivity contribution in [2.45, 2.75) is 51.4 Å². The molecule has 5 rings (SSSR count). The first-order valence-electron chi connectivity index (χ1n) is 12.1. The summed E-state index contributed by atoms with van der Waals surface area (Å²) in [5, 5.41) is 3.39. The van der Waals surface area contributed by atoms with Crippen molar-refractivity contribution in [3.63, 3.8) is 0 Å². The first-order chi connectivity index (χ1) is 16.7. The van der Waals surface area contributed by atoms with Gasteiger partial charge in [-0.1, -0.05) is 6.08 Å². The summed E-state index contributed by atoms with van der Waals surface area (Å²) in [5.74, 6) is 1.14. The first-order valence-corrected chi connectivity index (χ1v) is 12.1. The number of hydrogen-bond acceptors (Lipinski definition) is 7. The zero-order valence-corrected chi connectivity index (χ0v) is 21.0. The van der Waals surface area contributed by atoms with Crippen LogP contribution in [-0.2, 0) is 14.3 Å². The lowest BCUT2D eigenvalue weighted by Gasteiger charge is -2.51. The number of esters is 1. The number of carbonyl (C=O) groups is 2. The third-order valence-corrected chi connectivity index (χ3v) is 6.83. The largest absolute Gasteiger partial charge is 0.497 e. The van der Waals surface area contributed by atoms with Crippen LogP contribution in [0.5, 0.6) is 5.75 Å². The maximum absolute atomic E-state index is 13.0. The standard InChI is InChI=1S/C27H35N3O5/c1-6-17-16-30-12-10-18(17)13-23(30)25(34-24(31)15-29-26(32)35-27(2,3)4)20-9-11-28-22-8-7-19(33-5)14-21(20)22/h6-9,11,14,17-18,23,25H,1,10,12-13,15-16H2,2-5H3,(H,29,32)/t17?,18?,23?,25-/m1/s1. The van der Waals surface area contributed by atoms with Gasteiger partial charge in [0, 0.05) is 23.7 Å². The molecule has 1 aromatic carbocycles. The average molecular weight is 482 g/mol. The fourth-order valence-electron chi connectivity index (χ4n) is 5.20. The molecule has 1 N–H and O–H groups in total. The van der Waals surface area contributed by atoms with Crippen molar-refractivity contribution < 1.29 is 23.8 Å². The van der Waals surface area contributed by atoms with Gasteiger partial charge in [-0.3, -0.25) is 14.7 Å². The lowest BCUT2D eigenvalue weighted by Crippen LogP contribution is -2.55. The van der Waals surface area contributed by atoms with Gasteiger partial charge < -0.3 is 19.5 Å². The van der Waals surface area contributed by atoms with E-state index in [0.29, 0.717) is 17.6 Å². The number of nitrogens with zero attached hydrogens (tertiary/aromatic N) is 2. The Balaban J connectivity index is 1.61. The number of rotatable bonds is 7. The molecule has 1 aromatic heterocycles. The van der Waals surface area contributed by atoms with Crippen LogP contribution in [0.15, 0.2) is 43.1 Å². The van der Waals surface area contributed by atoms with Gasteiger partial charge in [0.1, 0.15) is 24.0 Å². The molecule has 1 amide bonds. The Bertz CT molecular complexity index is 1100. The van der Waals surface area contributed by atoms with Crippen molar-refractivity contribution in [1.29, 1.82) is 0 Å². The Morgan fingerprint density at radius 3 is 2.77 bits per heavy atom. The number of fused-ring (bicyclic) bond motifs is 4. The minimum absolute atomic E-state index is 0.0206. The van der Waals surface area contributed by atoms with Gasteiger partial charge in [0.05, 0.1) is 18.7 Å². The third kappa shape index (κ3) is 5.75. The fourth-order valence-corrected chi connectivity index (χ4v) is 5.20. The van der Waals surface area contributed by atoms with Crippen LogP contribution in [0.1, 0.15) is 45.3 Å². The Labute approximate surface area is 206 Å². The Hall–Kier alpha value is -3.13. The van der Waals surface area contributed by atoms with Crippen LogP contribution < -0.4 is 10.1 Å². The maximum Gasteiger partial charge on any atom is 0.408 e. The summed E-state index contributed by atoms with van der Waals surface area (Å²) in [5.41, 5.74) is 1.03. The molecule has 35 heavy (non-hydrogen) atoms. The lowest BCUT2D eigenvalue weighted by molar-refractivity contribution is -0.156. The van der Waals surface area contributed by atoms with Gasteiger partial charge in [-0.05, 0) is 76.3 Å². The second-order valence-corrected chi connectivity index (χ2v) is 10.3. The van der Waals surface area contributed by atoms with E-state index >= 15 is 0 Å². The molecule has 3 aliphatic rings. The molecule has 188 valence electrons. The molecule has 3 aliphatic heterocycles. The molecule has 0 radical (unpaired) electrons. The summed E-state index contributed by atoms with van der Waals surface area (Å²) in [6.07, 6.45) is 4.63. The van der Waals surface area contributed by atoms with Crippen LogP contribution in [0.4, 0.5) is 4.79 Å². The van der Waals surface area contributed by atoms with E-state index < -0.39 is 23.8 Å². The number of aromatic nitrogens is 1. The first kappa shape index (κ1) is 25.0. The Morgan fingerprint density at radius 2 is 2.11 bits per heavy atom. The molecule has 3 fully saturated rings. The Morgan fingerprint density at radius 1 is 1.31 bits per heavy atom. The van der Waals surface area contributed by atoms with Crippen molar-refractivity contribution in [3.05, 3.63) is 48.7 Å². The molecule has 8 heteroatoms. The molecular weight excluding hydrogens is 446 g/mol. The number of ether oxygens (including phenoxy) is 3. The quantitative estimate of drug-likeness (QED) is 0.467. The second-order valence-electron chi connectivity index (χ2n) is 10.3. The van der Waals surface area contributed by atoms with Gasteiger partial charge in [0.2, 0.25) is 0 Å². The summed E-state index contributed by atoms with van der Waals surface area (Å²) in [6.45, 7) is 10.9. The minimum atomic E-state index is -0.653. The van der Waals surface area contributed by atoms with Crippen molar-refractivity contribution in [2.75, 3.05) is 26.7 Å². The fraction of sp³-hybridized carbons (Fsp3) is 0.519. The van der Waals surface area contributed by atoms with Crippen molar-refractivity contribution in [3.8, 4) is 5.75 Å². The van der Waals surface area contributed by atoms with E-state index in [1.165, 1.54) is 0 Å². The molecule has 3 saturated heterocycles. The second kappa shape index (κ2) is 10.2. The van der Waals surface area contributed by atoms with E-state index in [9.17, 15) is 9.59 Å². The van der Waals surface area contributed by atoms with Gasteiger partial charge in [0.25, 0.3) is 0 Å². The van der Waals surface area contributed by atoms with Gasteiger partial charge in [-0.25, -0.2) is 4.79 Å². The smallest absolute Gasteiger partial charge is 0.408 e. The zero-order valence-electron chi connectivity index (χ0n) is 21.0. The maximum atomic E-state index is 13.0. The monoisotopic (exact) mass is 481 g/mol. The molecule has 2 aromatic rings. The number of nitrogens with one attached hydrogen (secondary N) is 1. The van der Waals surface area contributed by atoms with E-state index in [-0.39, 0.29) is 12.6 Å². The highest BCUT2D eigenvalue weighted by Gasteiger charge is 2.44. The van der Waals surface area contributed by atoms with Gasteiger partial charge in [0.15, 0.2) is 0 Å². The lowest BCUT2D eigenvalue weighted by atomic mass is 9.73. The summed E-state index contributed by atoms with van der Waals surface area (Å²) in [7, 11) is 1.62. The highest BCUT2D eigenvalue weighted by Crippen LogP contribution is 2.43. The molecule has 8 nitrogen and oxygen atoms in total. The highest BCUT2D eigenvalue weighted by molar-refractivity contribution is 5.84. The van der Waals surface area contributed by atoms with Crippen LogP contribution in [-0.4, -0.2) is 60.3 Å². The number of benzene rings is 1. The SMILES string of the molecule is C=CC1CN2CCC1CC2[C@H](OC(=O)CNC(=O)OC(C)(C)C)c1ccnc2ccc(OC)cc12. The molecule has 0 spiro atoms. The molecule has 5 atom stereocenters. The van der Waals surface area contributed by atoms with Crippen molar-refractivity contribution >= 4 is 23.0 Å². The molecule has 0 aliphatic carbocycles. The van der Waals surface area contributed by atoms with E-state index in [1.54, 1.807) is 34.1 Å². The van der Waals surface area contributed by atoms with Crippen LogP contribution in [0, 0.1) is 11.8 Å². The molecule has 2 bridgehead atoms. The summed E-state index contributed by atoms with van der Waals surface area (Å²) < 4.78 is 16.8. The number of methoxy groups -OCH3 is 1. The molecular formula is C27H35N3O5. The summed E-state index contributed by atoms with van der Waals surface area (Å²) in [4.78, 5) is 31.9. The number of pyridine rings is 1. The predicted molar refractivity (Wildman–Crippen MR) is 133 cm³/mol. The molecule has 4 unspecified atom stereocenters. The van der Waals surface area contributed by atoms with Crippen molar-refractivity contribution in [2.24, 2.45) is 11.8 Å². The molecule has 0 saturated carbocycles. The Kier molecular flexibility index (Phi) is 7.31. The van der Waals surface area contributed by atoms with E-state index in [1.807, 2.05) is 30.3 Å². The van der Waals surface area contributed by atoms with E-state index in [0.717, 1.165) is 42.4 Å². The number of carbonyl (C=O) groups excluding carboxylic acids is 2. The normalized spacial score (nSPS) is 24.5. The topological polar surface area (TPSA) is 90.0 Å². The predicted octanol–water partition coefficient (Wildman–Crippen LogP) is 4.25. The number of alkyl carbamates (subject to hydrolysis) is 1. The number of hydrogen-bond donors (Lipinski definition) is 1. The number of amides is 1. The highest BCUT2D eigenvalue weighted by atomic mass is 16.6. The van der Waals surface area contributed by atoms with Crippen molar-refractivity contribution in [1.82, 2.24) is 15.2 Å². The zero-order chi connectivity index (χ0) is 25.2. The van der Waals surface area contributed by atoms with Crippen LogP contribution in [0.25, 0.3) is 10.9 Å². The molecule has 4 heterocycles. The summed E-state index contributed by atoms with van der Waals surface area (Å²) >= 11 is 0. The number of piperidine rings is 3. The summed E-state index contributed by atoms with van der Waals surface area (Å²) in [6, 6.07) is 7.63. The van der Waals surface area contributed by atoms with Gasteiger partial charge in [-0.2, -0.15) is 0 Å². The van der Waals surface area contributed by atoms with E-state index in [2.05, 4.69) is 21.8 Å².